The van der Waals surface area contributed by atoms with Crippen molar-refractivity contribution in [3.05, 3.63) is 23.0 Å². The predicted molar refractivity (Wildman–Crippen MR) is 81.4 cm³/mol. The fraction of sp³-hybridized carbons (Fsp3) is 0.733. The van der Waals surface area contributed by atoms with Crippen molar-refractivity contribution in [1.29, 1.82) is 0 Å². The summed E-state index contributed by atoms with van der Waals surface area (Å²) in [5.41, 5.74) is 4.26. The maximum atomic E-state index is 3.66. The van der Waals surface area contributed by atoms with Gasteiger partial charge in [-0.05, 0) is 57.9 Å². The van der Waals surface area contributed by atoms with Gasteiger partial charge in [0.25, 0.3) is 0 Å². The van der Waals surface area contributed by atoms with Crippen molar-refractivity contribution in [2.75, 3.05) is 12.3 Å². The van der Waals surface area contributed by atoms with E-state index in [9.17, 15) is 0 Å². The summed E-state index contributed by atoms with van der Waals surface area (Å²) in [6.07, 6.45) is 2.74. The molecule has 0 aliphatic carbocycles. The first-order valence-electron chi connectivity index (χ1n) is 7.06. The summed E-state index contributed by atoms with van der Waals surface area (Å²) in [5.74, 6) is 1.34. The molecule has 2 rings (SSSR count). The monoisotopic (exact) mass is 266 g/mol. The minimum atomic E-state index is 0.469. The minimum absolute atomic E-state index is 0.469. The van der Waals surface area contributed by atoms with Crippen LogP contribution in [0.5, 0.6) is 0 Å². The maximum absolute atomic E-state index is 3.66. The number of aryl methyl sites for hydroxylation is 1. The Balaban J connectivity index is 1.90. The normalized spacial score (nSPS) is 23.8. The van der Waals surface area contributed by atoms with Gasteiger partial charge in [-0.1, -0.05) is 0 Å². The summed E-state index contributed by atoms with van der Waals surface area (Å²) in [7, 11) is 0. The zero-order valence-corrected chi connectivity index (χ0v) is 13.0. The molecule has 1 fully saturated rings. The Kier molecular flexibility index (Phi) is 4.44. The van der Waals surface area contributed by atoms with Gasteiger partial charge in [-0.15, -0.1) is 0 Å². The van der Waals surface area contributed by atoms with Crippen LogP contribution < -0.4 is 5.32 Å². The second kappa shape index (κ2) is 5.70. The van der Waals surface area contributed by atoms with Crippen LogP contribution in [0.25, 0.3) is 0 Å². The second-order valence-corrected chi connectivity index (χ2v) is 7.33. The highest BCUT2D eigenvalue weighted by Crippen LogP contribution is 2.37. The molecule has 1 unspecified atom stereocenters. The van der Waals surface area contributed by atoms with E-state index >= 15 is 0 Å². The summed E-state index contributed by atoms with van der Waals surface area (Å²) < 4.78 is 2.86. The largest absolute Gasteiger partial charge is 0.349 e. The smallest absolute Gasteiger partial charge is 0.0256 e. The Morgan fingerprint density at radius 2 is 2.22 bits per heavy atom. The zero-order valence-electron chi connectivity index (χ0n) is 12.2. The van der Waals surface area contributed by atoms with E-state index in [1.165, 1.54) is 35.5 Å². The first-order chi connectivity index (χ1) is 8.56. The standard InChI is InChI=1S/C15H26N2S/c1-5-17-12(2)9-14(13(17)3)10-16-11-15(4)7-6-8-18-15/h9,16H,5-8,10-11H2,1-4H3. The van der Waals surface area contributed by atoms with Crippen LogP contribution in [0.2, 0.25) is 0 Å². The highest BCUT2D eigenvalue weighted by Gasteiger charge is 2.28. The number of thioether (sulfide) groups is 1. The van der Waals surface area contributed by atoms with E-state index in [2.05, 4.69) is 55.4 Å². The molecule has 102 valence electrons. The maximum Gasteiger partial charge on any atom is 0.0256 e. The third-order valence-corrected chi connectivity index (χ3v) is 5.65. The highest BCUT2D eigenvalue weighted by molar-refractivity contribution is 8.00. The van der Waals surface area contributed by atoms with Gasteiger partial charge in [0.15, 0.2) is 0 Å². The number of nitrogens with one attached hydrogen (secondary N) is 1. The van der Waals surface area contributed by atoms with E-state index in [-0.39, 0.29) is 0 Å². The van der Waals surface area contributed by atoms with E-state index in [4.69, 9.17) is 0 Å². The molecule has 1 aromatic rings. The van der Waals surface area contributed by atoms with Crippen LogP contribution in [0.1, 0.15) is 43.6 Å². The van der Waals surface area contributed by atoms with Crippen LogP contribution in [-0.2, 0) is 13.1 Å². The lowest BCUT2D eigenvalue weighted by molar-refractivity contribution is 0.536. The molecule has 0 bridgehead atoms. The van der Waals surface area contributed by atoms with Gasteiger partial charge in [0.1, 0.15) is 0 Å². The molecule has 2 heterocycles. The molecule has 1 aliphatic rings. The van der Waals surface area contributed by atoms with Crippen LogP contribution in [0, 0.1) is 13.8 Å². The van der Waals surface area contributed by atoms with Crippen LogP contribution in [-0.4, -0.2) is 21.6 Å². The molecule has 0 aromatic carbocycles. The lowest BCUT2D eigenvalue weighted by Gasteiger charge is -2.23. The SMILES string of the molecule is CCn1c(C)cc(CNCC2(C)CCCS2)c1C. The Hall–Kier alpha value is -0.410. The molecule has 0 amide bonds. The number of aromatic nitrogens is 1. The van der Waals surface area contributed by atoms with Crippen molar-refractivity contribution in [2.24, 2.45) is 0 Å². The molecule has 3 heteroatoms. The lowest BCUT2D eigenvalue weighted by atomic mass is 10.1. The Bertz CT molecular complexity index is 403. The van der Waals surface area contributed by atoms with Crippen LogP contribution >= 0.6 is 11.8 Å². The Morgan fingerprint density at radius 1 is 1.44 bits per heavy atom. The fourth-order valence-electron chi connectivity index (χ4n) is 2.98. The van der Waals surface area contributed by atoms with Crippen molar-refractivity contribution in [3.63, 3.8) is 0 Å². The van der Waals surface area contributed by atoms with E-state index in [1.54, 1.807) is 0 Å². The molecule has 1 aliphatic heterocycles. The third-order valence-electron chi connectivity index (χ3n) is 4.11. The van der Waals surface area contributed by atoms with E-state index in [0.717, 1.165) is 19.6 Å². The third kappa shape index (κ3) is 2.94. The molecule has 0 saturated carbocycles. The van der Waals surface area contributed by atoms with Crippen LogP contribution in [0.15, 0.2) is 6.07 Å². The molecule has 0 radical (unpaired) electrons. The molecular formula is C15H26N2S. The minimum Gasteiger partial charge on any atom is -0.349 e. The average molecular weight is 266 g/mol. The molecule has 2 nitrogen and oxygen atoms in total. The molecule has 1 saturated heterocycles. The van der Waals surface area contributed by atoms with Gasteiger partial charge in [-0.3, -0.25) is 0 Å². The van der Waals surface area contributed by atoms with Gasteiger partial charge in [-0.2, -0.15) is 11.8 Å². The number of rotatable bonds is 5. The van der Waals surface area contributed by atoms with Gasteiger partial charge in [-0.25, -0.2) is 0 Å². The fourth-order valence-corrected chi connectivity index (χ4v) is 4.25. The highest BCUT2D eigenvalue weighted by atomic mass is 32.2. The van der Waals surface area contributed by atoms with Crippen LogP contribution in [0.4, 0.5) is 0 Å². The van der Waals surface area contributed by atoms with E-state index in [0.29, 0.717) is 4.75 Å². The summed E-state index contributed by atoms with van der Waals surface area (Å²) >= 11 is 2.13. The number of hydrogen-bond donors (Lipinski definition) is 1. The van der Waals surface area contributed by atoms with Crippen molar-refractivity contribution < 1.29 is 0 Å². The first-order valence-corrected chi connectivity index (χ1v) is 8.04. The van der Waals surface area contributed by atoms with Gasteiger partial charge < -0.3 is 9.88 Å². The van der Waals surface area contributed by atoms with Gasteiger partial charge in [0, 0.05) is 35.8 Å². The van der Waals surface area contributed by atoms with Gasteiger partial charge in [0.2, 0.25) is 0 Å². The Labute approximate surface area is 116 Å². The van der Waals surface area contributed by atoms with Crippen molar-refractivity contribution >= 4 is 11.8 Å². The van der Waals surface area contributed by atoms with Crippen molar-refractivity contribution in [3.8, 4) is 0 Å². The molecule has 1 aromatic heterocycles. The van der Waals surface area contributed by atoms with Crippen molar-refractivity contribution in [1.82, 2.24) is 9.88 Å². The summed E-state index contributed by atoms with van der Waals surface area (Å²) in [5, 5.41) is 3.66. The summed E-state index contributed by atoms with van der Waals surface area (Å²) in [6.45, 7) is 12.3. The van der Waals surface area contributed by atoms with Gasteiger partial charge in [0.05, 0.1) is 0 Å². The average Bonchev–Trinajstić information content (AvgIpc) is 2.85. The van der Waals surface area contributed by atoms with E-state index in [1.807, 2.05) is 0 Å². The molecule has 1 atom stereocenters. The van der Waals surface area contributed by atoms with Crippen LogP contribution in [0.3, 0.4) is 0 Å². The van der Waals surface area contributed by atoms with E-state index < -0.39 is 0 Å². The lowest BCUT2D eigenvalue weighted by Crippen LogP contribution is -2.32. The summed E-state index contributed by atoms with van der Waals surface area (Å²) in [4.78, 5) is 0. The topological polar surface area (TPSA) is 17.0 Å². The first kappa shape index (κ1) is 14.0. The summed E-state index contributed by atoms with van der Waals surface area (Å²) in [6, 6.07) is 2.33. The molecular weight excluding hydrogens is 240 g/mol. The number of hydrogen-bond acceptors (Lipinski definition) is 2. The molecule has 1 N–H and O–H groups in total. The Morgan fingerprint density at radius 3 is 2.78 bits per heavy atom. The molecule has 18 heavy (non-hydrogen) atoms. The quantitative estimate of drug-likeness (QED) is 0.878. The zero-order chi connectivity index (χ0) is 13.2. The predicted octanol–water partition coefficient (Wildman–Crippen LogP) is 3.50. The van der Waals surface area contributed by atoms with Crippen molar-refractivity contribution in [2.45, 2.75) is 58.4 Å². The number of nitrogens with zero attached hydrogens (tertiary/aromatic N) is 1. The van der Waals surface area contributed by atoms with Gasteiger partial charge >= 0.3 is 0 Å². The molecule has 0 spiro atoms. The second-order valence-electron chi connectivity index (χ2n) is 5.65.